The summed E-state index contributed by atoms with van der Waals surface area (Å²) in [6.45, 7) is 6.52. The van der Waals surface area contributed by atoms with E-state index in [0.29, 0.717) is 22.3 Å². The van der Waals surface area contributed by atoms with Gasteiger partial charge in [0.2, 0.25) is 0 Å². The van der Waals surface area contributed by atoms with Crippen LogP contribution >= 0.6 is 12.2 Å². The van der Waals surface area contributed by atoms with Crippen molar-refractivity contribution in [2.45, 2.75) is 57.9 Å². The zero-order valence-electron chi connectivity index (χ0n) is 17.5. The fraction of sp³-hybridized carbons (Fsp3) is 0.440. The third-order valence-electron chi connectivity index (χ3n) is 6.45. The second kappa shape index (κ2) is 7.91. The Morgan fingerprint density at radius 1 is 1.00 bits per heavy atom. The molecule has 2 aromatic carbocycles. The van der Waals surface area contributed by atoms with E-state index in [-0.39, 0.29) is 11.2 Å². The van der Waals surface area contributed by atoms with Crippen molar-refractivity contribution in [1.82, 2.24) is 5.32 Å². The molecule has 2 saturated carbocycles. The van der Waals surface area contributed by atoms with E-state index in [1.807, 2.05) is 48.5 Å². The monoisotopic (exact) mass is 406 g/mol. The smallest absolute Gasteiger partial charge is 0.193 e. The van der Waals surface area contributed by atoms with E-state index >= 15 is 0 Å². The summed E-state index contributed by atoms with van der Waals surface area (Å²) in [5.41, 5.74) is 3.52. The lowest BCUT2D eigenvalue weighted by Crippen LogP contribution is -2.40. The van der Waals surface area contributed by atoms with Gasteiger partial charge in [0.1, 0.15) is 0 Å². The van der Waals surface area contributed by atoms with Crippen LogP contribution in [0.1, 0.15) is 67.9 Å². The minimum atomic E-state index is 0.0288. The molecule has 2 aromatic rings. The van der Waals surface area contributed by atoms with E-state index in [1.165, 1.54) is 31.2 Å². The minimum Gasteiger partial charge on any atom is -0.359 e. The quantitative estimate of drug-likeness (QED) is 0.505. The van der Waals surface area contributed by atoms with Gasteiger partial charge in [-0.25, -0.2) is 0 Å². The number of carbonyl (C=O) groups excluding carboxylic acids is 1. The van der Waals surface area contributed by atoms with Crippen LogP contribution in [0.25, 0.3) is 0 Å². The summed E-state index contributed by atoms with van der Waals surface area (Å²) in [6.07, 6.45) is 5.28. The van der Waals surface area contributed by atoms with Crippen LogP contribution in [-0.4, -0.2) is 16.9 Å². The molecule has 2 aliphatic rings. The van der Waals surface area contributed by atoms with Crippen molar-refractivity contribution in [1.29, 1.82) is 0 Å². The summed E-state index contributed by atoms with van der Waals surface area (Å²) < 4.78 is 0. The van der Waals surface area contributed by atoms with Gasteiger partial charge in [-0.05, 0) is 66.4 Å². The van der Waals surface area contributed by atoms with E-state index in [0.717, 1.165) is 17.5 Å². The molecule has 3 nitrogen and oxygen atoms in total. The van der Waals surface area contributed by atoms with Crippen molar-refractivity contribution in [3.05, 3.63) is 65.2 Å². The molecule has 2 bridgehead atoms. The van der Waals surface area contributed by atoms with Gasteiger partial charge in [-0.15, -0.1) is 0 Å². The molecule has 4 heteroatoms. The fourth-order valence-corrected chi connectivity index (χ4v) is 5.05. The van der Waals surface area contributed by atoms with E-state index in [1.54, 1.807) is 0 Å². The summed E-state index contributed by atoms with van der Waals surface area (Å²) in [4.78, 5) is 12.9. The molecule has 2 N–H and O–H groups in total. The lowest BCUT2D eigenvalue weighted by atomic mass is 9.86. The van der Waals surface area contributed by atoms with Crippen LogP contribution in [0.3, 0.4) is 0 Å². The topological polar surface area (TPSA) is 41.1 Å². The molecule has 3 atom stereocenters. The second-order valence-electron chi connectivity index (χ2n) is 9.62. The third-order valence-corrected chi connectivity index (χ3v) is 6.67. The van der Waals surface area contributed by atoms with Crippen LogP contribution in [-0.2, 0) is 5.41 Å². The number of anilines is 1. The van der Waals surface area contributed by atoms with Crippen LogP contribution in [0.5, 0.6) is 0 Å². The van der Waals surface area contributed by atoms with Gasteiger partial charge in [-0.2, -0.15) is 0 Å². The molecule has 4 rings (SSSR count). The van der Waals surface area contributed by atoms with Gasteiger partial charge in [0, 0.05) is 22.9 Å². The van der Waals surface area contributed by atoms with Gasteiger partial charge in [-0.1, -0.05) is 63.6 Å². The molecule has 0 spiro atoms. The number of ketones is 1. The second-order valence-corrected chi connectivity index (χ2v) is 10.0. The molecule has 0 radical (unpaired) electrons. The highest BCUT2D eigenvalue weighted by molar-refractivity contribution is 7.80. The summed E-state index contributed by atoms with van der Waals surface area (Å²) in [6, 6.07) is 16.0. The Bertz CT molecular complexity index is 913. The zero-order chi connectivity index (χ0) is 20.6. The van der Waals surface area contributed by atoms with Crippen molar-refractivity contribution in [3.8, 4) is 0 Å². The summed E-state index contributed by atoms with van der Waals surface area (Å²) in [5.74, 6) is 1.68. The number of carbonyl (C=O) groups is 1. The van der Waals surface area contributed by atoms with Gasteiger partial charge in [0.25, 0.3) is 0 Å². The van der Waals surface area contributed by atoms with Crippen molar-refractivity contribution >= 4 is 28.8 Å². The molecule has 0 aromatic heterocycles. The number of rotatable bonds is 4. The first-order valence-corrected chi connectivity index (χ1v) is 11.0. The maximum Gasteiger partial charge on any atom is 0.193 e. The molecule has 2 fully saturated rings. The SMILES string of the molecule is CC(C)(C)c1ccc(C(=O)c2cccc(NC(=S)NC3CC4CCC3C4)c2)cc1. The van der Waals surface area contributed by atoms with Crippen molar-refractivity contribution in [3.63, 3.8) is 0 Å². The van der Waals surface area contributed by atoms with Crippen LogP contribution in [0.2, 0.25) is 0 Å². The van der Waals surface area contributed by atoms with Crippen LogP contribution in [0.4, 0.5) is 5.69 Å². The normalized spacial score (nSPS) is 23.1. The molecular formula is C25H30N2OS. The van der Waals surface area contributed by atoms with E-state index in [2.05, 4.69) is 31.4 Å². The number of hydrogen-bond donors (Lipinski definition) is 2. The van der Waals surface area contributed by atoms with Crippen molar-refractivity contribution in [2.75, 3.05) is 5.32 Å². The molecule has 0 saturated heterocycles. The largest absolute Gasteiger partial charge is 0.359 e. The number of benzene rings is 2. The molecule has 0 heterocycles. The summed E-state index contributed by atoms with van der Waals surface area (Å²) in [5, 5.41) is 7.42. The highest BCUT2D eigenvalue weighted by Crippen LogP contribution is 2.44. The van der Waals surface area contributed by atoms with Gasteiger partial charge in [0.05, 0.1) is 0 Å². The number of thiocarbonyl (C=S) groups is 1. The molecule has 29 heavy (non-hydrogen) atoms. The maximum atomic E-state index is 12.9. The Kier molecular flexibility index (Phi) is 5.48. The Hall–Kier alpha value is -2.20. The van der Waals surface area contributed by atoms with Crippen LogP contribution in [0.15, 0.2) is 48.5 Å². The number of fused-ring (bicyclic) bond motifs is 2. The highest BCUT2D eigenvalue weighted by atomic mass is 32.1. The first kappa shape index (κ1) is 20.1. The molecule has 2 aliphatic carbocycles. The first-order chi connectivity index (χ1) is 13.8. The third kappa shape index (κ3) is 4.53. The van der Waals surface area contributed by atoms with Gasteiger partial charge < -0.3 is 10.6 Å². The highest BCUT2D eigenvalue weighted by Gasteiger charge is 2.39. The van der Waals surface area contributed by atoms with E-state index < -0.39 is 0 Å². The number of nitrogens with one attached hydrogen (secondary N) is 2. The van der Waals surface area contributed by atoms with E-state index in [4.69, 9.17) is 12.2 Å². The predicted molar refractivity (Wildman–Crippen MR) is 124 cm³/mol. The lowest BCUT2D eigenvalue weighted by molar-refractivity contribution is 0.103. The average molecular weight is 407 g/mol. The maximum absolute atomic E-state index is 12.9. The van der Waals surface area contributed by atoms with Gasteiger partial charge in [-0.3, -0.25) is 4.79 Å². The van der Waals surface area contributed by atoms with Crippen LogP contribution < -0.4 is 10.6 Å². The zero-order valence-corrected chi connectivity index (χ0v) is 18.3. The Morgan fingerprint density at radius 2 is 1.76 bits per heavy atom. The predicted octanol–water partition coefficient (Wildman–Crippen LogP) is 5.69. The Morgan fingerprint density at radius 3 is 2.38 bits per heavy atom. The molecule has 0 aliphatic heterocycles. The lowest BCUT2D eigenvalue weighted by Gasteiger charge is -2.24. The standard InChI is InChI=1S/C25H30N2OS/c1-25(2,3)20-11-9-17(10-12-20)23(28)19-5-4-6-21(15-19)26-24(29)27-22-14-16-7-8-18(22)13-16/h4-6,9-12,15-16,18,22H,7-8,13-14H2,1-3H3,(H2,26,27,29). The van der Waals surface area contributed by atoms with Crippen molar-refractivity contribution < 1.29 is 4.79 Å². The number of hydrogen-bond acceptors (Lipinski definition) is 2. The molecule has 152 valence electrons. The fourth-order valence-electron chi connectivity index (χ4n) is 4.78. The van der Waals surface area contributed by atoms with Crippen LogP contribution in [0, 0.1) is 11.8 Å². The van der Waals surface area contributed by atoms with Gasteiger partial charge in [0.15, 0.2) is 10.9 Å². The molecule has 0 amide bonds. The Labute approximate surface area is 179 Å². The van der Waals surface area contributed by atoms with E-state index in [9.17, 15) is 4.79 Å². The minimum absolute atomic E-state index is 0.0288. The average Bonchev–Trinajstić information content (AvgIpc) is 3.30. The summed E-state index contributed by atoms with van der Waals surface area (Å²) >= 11 is 5.53. The van der Waals surface area contributed by atoms with Gasteiger partial charge >= 0.3 is 0 Å². The summed E-state index contributed by atoms with van der Waals surface area (Å²) in [7, 11) is 0. The molecule has 3 unspecified atom stereocenters. The Balaban J connectivity index is 1.41. The molecular weight excluding hydrogens is 376 g/mol. The van der Waals surface area contributed by atoms with Crippen molar-refractivity contribution in [2.24, 2.45) is 11.8 Å². The first-order valence-electron chi connectivity index (χ1n) is 10.6.